The number of carbonyl (C=O) groups excluding carboxylic acids is 1. The third-order valence-electron chi connectivity index (χ3n) is 6.20. The molecule has 3 aromatic rings. The number of rotatable bonds is 5. The zero-order valence-corrected chi connectivity index (χ0v) is 20.0. The van der Waals surface area contributed by atoms with Crippen molar-refractivity contribution >= 4 is 39.6 Å². The number of methoxy groups -OCH3 is 1. The number of nitrogens with one attached hydrogen (secondary N) is 1. The Morgan fingerprint density at radius 1 is 1.18 bits per heavy atom. The summed E-state index contributed by atoms with van der Waals surface area (Å²) in [6, 6.07) is 8.44. The number of hydrogen-bond donors (Lipinski definition) is 1. The first-order valence-electron chi connectivity index (χ1n) is 10.4. The van der Waals surface area contributed by atoms with Crippen LogP contribution in [0.4, 0.5) is 4.79 Å². The first-order valence-corrected chi connectivity index (χ1v) is 11.9. The van der Waals surface area contributed by atoms with E-state index in [-0.39, 0.29) is 11.4 Å². The van der Waals surface area contributed by atoms with Crippen molar-refractivity contribution in [3.63, 3.8) is 0 Å². The van der Waals surface area contributed by atoms with E-state index in [0.29, 0.717) is 21.9 Å². The Labute approximate surface area is 193 Å². The van der Waals surface area contributed by atoms with Crippen LogP contribution in [0.25, 0.3) is 10.9 Å². The van der Waals surface area contributed by atoms with Crippen LogP contribution in [0.1, 0.15) is 33.3 Å². The van der Waals surface area contributed by atoms with E-state index in [0.717, 1.165) is 0 Å². The Hall–Kier alpha value is -2.89. The van der Waals surface area contributed by atoms with E-state index in [1.807, 2.05) is 33.8 Å². The molecule has 0 atom stereocenters. The second-order valence-corrected chi connectivity index (χ2v) is 10.7. The number of benzene rings is 1. The van der Waals surface area contributed by atoms with Gasteiger partial charge in [0.1, 0.15) is 4.90 Å². The van der Waals surface area contributed by atoms with Gasteiger partial charge in [-0.3, -0.25) is 4.98 Å². The minimum absolute atomic E-state index is 0.0513. The number of alkyl carbamates (subject to hydrolysis) is 1. The third kappa shape index (κ3) is 4.12. The molecule has 9 nitrogen and oxygen atoms in total. The number of amides is 1. The van der Waals surface area contributed by atoms with Crippen molar-refractivity contribution in [2.45, 2.75) is 50.3 Å². The van der Waals surface area contributed by atoms with Gasteiger partial charge in [0, 0.05) is 30.5 Å². The average Bonchev–Trinajstić information content (AvgIpc) is 3.25. The zero-order chi connectivity index (χ0) is 24.0. The second-order valence-electron chi connectivity index (χ2n) is 8.85. The summed E-state index contributed by atoms with van der Waals surface area (Å²) in [5.74, 6) is 0. The molecule has 0 aliphatic carbocycles. The van der Waals surface area contributed by atoms with Crippen molar-refractivity contribution in [3.05, 3.63) is 54.5 Å². The molecule has 33 heavy (non-hydrogen) atoms. The molecule has 1 fully saturated rings. The van der Waals surface area contributed by atoms with Crippen molar-refractivity contribution in [3.8, 4) is 0 Å². The van der Waals surface area contributed by atoms with E-state index in [1.54, 1.807) is 18.2 Å². The highest BCUT2D eigenvalue weighted by Crippen LogP contribution is 2.37. The molecule has 4 rings (SSSR count). The lowest BCUT2D eigenvalue weighted by atomic mass is 9.79. The Bertz CT molecular complexity index is 1290. The van der Waals surface area contributed by atoms with Crippen LogP contribution < -0.4 is 10.8 Å². The van der Waals surface area contributed by atoms with E-state index in [4.69, 9.17) is 9.31 Å². The Morgan fingerprint density at radius 2 is 1.88 bits per heavy atom. The van der Waals surface area contributed by atoms with Crippen molar-refractivity contribution in [1.82, 2.24) is 14.3 Å². The number of ether oxygens (including phenoxy) is 1. The smallest absolute Gasteiger partial charge is 0.453 e. The van der Waals surface area contributed by atoms with Gasteiger partial charge in [-0.25, -0.2) is 17.2 Å². The first kappa shape index (κ1) is 23.3. The predicted octanol–water partition coefficient (Wildman–Crippen LogP) is 2.43. The summed E-state index contributed by atoms with van der Waals surface area (Å²) in [5, 5.41) is 3.27. The molecule has 0 unspecified atom stereocenters. The fourth-order valence-corrected chi connectivity index (χ4v) is 4.95. The summed E-state index contributed by atoms with van der Waals surface area (Å²) in [6.07, 6.45) is 3.69. The van der Waals surface area contributed by atoms with Gasteiger partial charge >= 0.3 is 13.2 Å². The zero-order valence-electron chi connectivity index (χ0n) is 19.2. The van der Waals surface area contributed by atoms with Gasteiger partial charge in [0.2, 0.25) is 0 Å². The molecule has 0 spiro atoms. The van der Waals surface area contributed by atoms with Gasteiger partial charge < -0.3 is 19.4 Å². The molecule has 0 saturated carbocycles. The molecule has 3 heterocycles. The number of carbonyl (C=O) groups is 1. The summed E-state index contributed by atoms with van der Waals surface area (Å²) >= 11 is 0. The number of pyridine rings is 1. The highest BCUT2D eigenvalue weighted by molar-refractivity contribution is 7.90. The van der Waals surface area contributed by atoms with Gasteiger partial charge in [-0.2, -0.15) is 0 Å². The number of aromatic nitrogens is 2. The van der Waals surface area contributed by atoms with Crippen LogP contribution in [0.5, 0.6) is 0 Å². The van der Waals surface area contributed by atoms with Crippen molar-refractivity contribution in [2.75, 3.05) is 7.11 Å². The maximum absolute atomic E-state index is 13.4. The van der Waals surface area contributed by atoms with Crippen LogP contribution in [0.2, 0.25) is 0 Å². The molecule has 0 radical (unpaired) electrons. The molecule has 1 N–H and O–H groups in total. The highest BCUT2D eigenvalue weighted by Gasteiger charge is 2.51. The average molecular weight is 471 g/mol. The topological polar surface area (TPSA) is 109 Å². The van der Waals surface area contributed by atoms with Crippen LogP contribution in [-0.4, -0.2) is 48.9 Å². The van der Waals surface area contributed by atoms with Crippen LogP contribution in [0.3, 0.4) is 0 Å². The molecule has 1 aliphatic heterocycles. The Morgan fingerprint density at radius 3 is 2.48 bits per heavy atom. The van der Waals surface area contributed by atoms with Crippen molar-refractivity contribution < 1.29 is 27.3 Å². The van der Waals surface area contributed by atoms with Crippen LogP contribution >= 0.6 is 0 Å². The summed E-state index contributed by atoms with van der Waals surface area (Å²) in [6.45, 7) is 7.92. The number of nitrogens with zero attached hydrogens (tertiary/aromatic N) is 2. The molecular formula is C22H26BN3O6S. The lowest BCUT2D eigenvalue weighted by molar-refractivity contribution is 0.00578. The summed E-state index contributed by atoms with van der Waals surface area (Å²) < 4.78 is 45.0. The van der Waals surface area contributed by atoms with Crippen LogP contribution in [0.15, 0.2) is 53.8 Å². The number of hydrogen-bond acceptors (Lipinski definition) is 7. The van der Waals surface area contributed by atoms with E-state index in [9.17, 15) is 13.2 Å². The van der Waals surface area contributed by atoms with Gasteiger partial charge in [-0.1, -0.05) is 12.1 Å². The molecule has 1 aromatic carbocycles. The molecule has 174 valence electrons. The van der Waals surface area contributed by atoms with Crippen LogP contribution in [-0.2, 0) is 30.6 Å². The fraction of sp³-hybridized carbons (Fsp3) is 0.364. The molecular weight excluding hydrogens is 445 g/mol. The minimum atomic E-state index is -3.95. The van der Waals surface area contributed by atoms with Crippen molar-refractivity contribution in [2.24, 2.45) is 0 Å². The van der Waals surface area contributed by atoms with Gasteiger partial charge in [0.25, 0.3) is 10.0 Å². The normalized spacial score (nSPS) is 17.3. The predicted molar refractivity (Wildman–Crippen MR) is 124 cm³/mol. The van der Waals surface area contributed by atoms with Gasteiger partial charge in [-0.05, 0) is 56.9 Å². The van der Waals surface area contributed by atoms with Crippen molar-refractivity contribution in [1.29, 1.82) is 0 Å². The first-order chi connectivity index (χ1) is 15.5. The summed E-state index contributed by atoms with van der Waals surface area (Å²) in [5.41, 5.74) is 0.670. The summed E-state index contributed by atoms with van der Waals surface area (Å²) in [7, 11) is -3.33. The second kappa shape index (κ2) is 8.16. The SMILES string of the molecule is COC(=O)NCc1cn(S(=O)(=O)c2cccnc2)c2cc(B3OC(C)(C)C(C)(C)O3)ccc12. The maximum atomic E-state index is 13.4. The molecule has 1 amide bonds. The molecule has 1 aliphatic rings. The minimum Gasteiger partial charge on any atom is -0.453 e. The number of fused-ring (bicyclic) bond motifs is 1. The van der Waals surface area contributed by atoms with Gasteiger partial charge in [-0.15, -0.1) is 0 Å². The van der Waals surface area contributed by atoms with E-state index in [1.165, 1.54) is 35.7 Å². The van der Waals surface area contributed by atoms with E-state index >= 15 is 0 Å². The Kier molecular flexibility index (Phi) is 5.75. The van der Waals surface area contributed by atoms with Gasteiger partial charge in [0.15, 0.2) is 0 Å². The van der Waals surface area contributed by atoms with Crippen LogP contribution in [0, 0.1) is 0 Å². The van der Waals surface area contributed by atoms with E-state index in [2.05, 4.69) is 15.0 Å². The third-order valence-corrected chi connectivity index (χ3v) is 7.86. The molecule has 11 heteroatoms. The standard InChI is InChI=1S/C22H26BN3O6S/c1-21(2)22(3,4)32-23(31-21)16-8-9-18-15(12-25-20(27)30-5)14-26(19(18)11-16)33(28,29)17-7-6-10-24-13-17/h6-11,13-14H,12H2,1-5H3,(H,25,27). The Balaban J connectivity index is 1.84. The summed E-state index contributed by atoms with van der Waals surface area (Å²) in [4.78, 5) is 15.6. The monoisotopic (exact) mass is 471 g/mol. The maximum Gasteiger partial charge on any atom is 0.494 e. The molecule has 0 bridgehead atoms. The lowest BCUT2D eigenvalue weighted by Gasteiger charge is -2.32. The fourth-order valence-electron chi connectivity index (χ4n) is 3.60. The van der Waals surface area contributed by atoms with Gasteiger partial charge in [0.05, 0.1) is 23.8 Å². The molecule has 1 saturated heterocycles. The quantitative estimate of drug-likeness (QED) is 0.570. The highest BCUT2D eigenvalue weighted by atomic mass is 32.2. The lowest BCUT2D eigenvalue weighted by Crippen LogP contribution is -2.41. The van der Waals surface area contributed by atoms with E-state index < -0.39 is 34.4 Å². The largest absolute Gasteiger partial charge is 0.494 e. The molecule has 2 aromatic heterocycles.